The molecule has 11 nitrogen and oxygen atoms in total. The molecule has 37 heavy (non-hydrogen) atoms. The number of carbonyl (C=O) groups excluding carboxylic acids is 1. The van der Waals surface area contributed by atoms with Crippen LogP contribution in [0.5, 0.6) is 0 Å². The van der Waals surface area contributed by atoms with Crippen molar-refractivity contribution >= 4 is 23.8 Å². The lowest BCUT2D eigenvalue weighted by Gasteiger charge is -2.30. The second-order valence-corrected chi connectivity index (χ2v) is 9.12. The molecule has 194 valence electrons. The Morgan fingerprint density at radius 3 is 2.62 bits per heavy atom. The number of hydrogen-bond acceptors (Lipinski definition) is 10. The summed E-state index contributed by atoms with van der Waals surface area (Å²) in [6, 6.07) is 11.2. The summed E-state index contributed by atoms with van der Waals surface area (Å²) < 4.78 is 25.4. The molecule has 0 aliphatic carbocycles. The molecule has 1 aromatic carbocycles. The Kier molecular flexibility index (Phi) is 7.26. The molecule has 4 heterocycles. The lowest BCUT2D eigenvalue weighted by Crippen LogP contribution is -2.45. The third-order valence-electron chi connectivity index (χ3n) is 6.44. The van der Waals surface area contributed by atoms with E-state index in [9.17, 15) is 9.18 Å². The molecule has 0 radical (unpaired) electrons. The van der Waals surface area contributed by atoms with Gasteiger partial charge in [-0.25, -0.2) is 24.1 Å². The second kappa shape index (κ2) is 10.9. The molecular formula is C25H29FN8O3. The lowest BCUT2D eigenvalue weighted by molar-refractivity contribution is 0.102. The van der Waals surface area contributed by atoms with E-state index in [1.807, 2.05) is 35.2 Å². The Bertz CT molecular complexity index is 1210. The zero-order valence-electron chi connectivity index (χ0n) is 20.3. The molecule has 0 bridgehead atoms. The van der Waals surface area contributed by atoms with Crippen LogP contribution in [-0.2, 0) is 16.1 Å². The van der Waals surface area contributed by atoms with Crippen LogP contribution >= 0.6 is 0 Å². The van der Waals surface area contributed by atoms with Gasteiger partial charge < -0.3 is 30.3 Å². The summed E-state index contributed by atoms with van der Waals surface area (Å²) in [7, 11) is 0. The molecule has 2 aromatic heterocycles. The Hall–Kier alpha value is -4.06. The van der Waals surface area contributed by atoms with Gasteiger partial charge in [-0.05, 0) is 12.0 Å². The normalized spacial score (nSPS) is 19.6. The van der Waals surface area contributed by atoms with Crippen molar-refractivity contribution in [2.24, 2.45) is 0 Å². The van der Waals surface area contributed by atoms with Crippen molar-refractivity contribution in [1.82, 2.24) is 24.8 Å². The number of anilines is 3. The highest BCUT2D eigenvalue weighted by molar-refractivity contribution is 5.69. The van der Waals surface area contributed by atoms with Crippen molar-refractivity contribution in [1.29, 1.82) is 0 Å². The zero-order valence-corrected chi connectivity index (χ0v) is 20.3. The third-order valence-corrected chi connectivity index (χ3v) is 6.44. The molecule has 1 amide bonds. The molecule has 0 spiro atoms. The molecule has 2 fully saturated rings. The van der Waals surface area contributed by atoms with Gasteiger partial charge in [0.1, 0.15) is 19.1 Å². The number of nitrogens with zero attached hydrogens (tertiary/aromatic N) is 6. The van der Waals surface area contributed by atoms with E-state index >= 15 is 0 Å². The standard InChI is InChI=1S/C25H29FN8O3/c26-16-25(6-7-34(17-25)24(35)37-15-18-4-2-1-3-5-18)32-21-12-20(19-13-28-22(27)29-14-19)30-23(31-21)33-8-10-36-11-9-33/h1-5,12-14H,6-11,15-17H2,(H2,27,28,29)(H,30,31,32). The summed E-state index contributed by atoms with van der Waals surface area (Å²) in [4.78, 5) is 33.7. The SMILES string of the molecule is Nc1ncc(-c2cc(NC3(CF)CCN(C(=O)OCc4ccccc4)C3)nc(N3CCOCC3)n2)cn1. The summed E-state index contributed by atoms with van der Waals surface area (Å²) in [5.41, 5.74) is 6.76. The van der Waals surface area contributed by atoms with Crippen LogP contribution in [0.4, 0.5) is 26.9 Å². The van der Waals surface area contributed by atoms with Crippen LogP contribution in [0.25, 0.3) is 11.3 Å². The average Bonchev–Trinajstić information content (AvgIpc) is 3.37. The highest BCUT2D eigenvalue weighted by Crippen LogP contribution is 2.30. The lowest BCUT2D eigenvalue weighted by atomic mass is 10.0. The maximum absolute atomic E-state index is 14.5. The first-order chi connectivity index (χ1) is 18.0. The number of ether oxygens (including phenoxy) is 2. The Morgan fingerprint density at radius 1 is 1.14 bits per heavy atom. The molecule has 3 aromatic rings. The molecule has 2 saturated heterocycles. The van der Waals surface area contributed by atoms with Crippen molar-refractivity contribution in [2.45, 2.75) is 18.6 Å². The van der Waals surface area contributed by atoms with Crippen molar-refractivity contribution in [3.63, 3.8) is 0 Å². The number of aromatic nitrogens is 4. The van der Waals surface area contributed by atoms with Crippen LogP contribution in [0.2, 0.25) is 0 Å². The number of likely N-dealkylation sites (tertiary alicyclic amines) is 1. The van der Waals surface area contributed by atoms with Crippen molar-refractivity contribution < 1.29 is 18.7 Å². The van der Waals surface area contributed by atoms with Gasteiger partial charge in [0.2, 0.25) is 11.9 Å². The number of nitrogens with one attached hydrogen (secondary N) is 1. The smallest absolute Gasteiger partial charge is 0.410 e. The number of rotatable bonds is 7. The summed E-state index contributed by atoms with van der Waals surface area (Å²) in [5, 5.41) is 3.26. The molecule has 1 unspecified atom stereocenters. The fourth-order valence-electron chi connectivity index (χ4n) is 4.38. The van der Waals surface area contributed by atoms with Gasteiger partial charge in [0, 0.05) is 50.2 Å². The number of morpholine rings is 1. The topological polar surface area (TPSA) is 132 Å². The minimum absolute atomic E-state index is 0.147. The first-order valence-electron chi connectivity index (χ1n) is 12.1. The molecular weight excluding hydrogens is 479 g/mol. The number of hydrogen-bond donors (Lipinski definition) is 2. The Balaban J connectivity index is 1.34. The number of alkyl halides is 1. The number of benzene rings is 1. The van der Waals surface area contributed by atoms with Crippen molar-refractivity contribution in [2.75, 3.05) is 62.0 Å². The molecule has 2 aliphatic rings. The molecule has 2 aliphatic heterocycles. The van der Waals surface area contributed by atoms with Gasteiger partial charge in [-0.1, -0.05) is 30.3 Å². The predicted octanol–water partition coefficient (Wildman–Crippen LogP) is 2.52. The fourth-order valence-corrected chi connectivity index (χ4v) is 4.38. The zero-order chi connectivity index (χ0) is 25.7. The summed E-state index contributed by atoms with van der Waals surface area (Å²) in [5.74, 6) is 1.10. The van der Waals surface area contributed by atoms with Gasteiger partial charge in [-0.15, -0.1) is 0 Å². The van der Waals surface area contributed by atoms with E-state index < -0.39 is 18.3 Å². The molecule has 3 N–H and O–H groups in total. The number of amides is 1. The highest BCUT2D eigenvalue weighted by atomic mass is 19.1. The largest absolute Gasteiger partial charge is 0.445 e. The summed E-state index contributed by atoms with van der Waals surface area (Å²) in [6.07, 6.45) is 3.10. The van der Waals surface area contributed by atoms with Gasteiger partial charge in [0.05, 0.1) is 24.4 Å². The predicted molar refractivity (Wildman–Crippen MR) is 136 cm³/mol. The number of carbonyl (C=O) groups is 1. The average molecular weight is 509 g/mol. The number of halogens is 1. The molecule has 5 rings (SSSR count). The van der Waals surface area contributed by atoms with Gasteiger partial charge in [-0.3, -0.25) is 0 Å². The van der Waals surface area contributed by atoms with Crippen LogP contribution < -0.4 is 16.0 Å². The van der Waals surface area contributed by atoms with E-state index in [0.717, 1.165) is 5.56 Å². The minimum Gasteiger partial charge on any atom is -0.445 e. The quantitative estimate of drug-likeness (QED) is 0.491. The summed E-state index contributed by atoms with van der Waals surface area (Å²) >= 11 is 0. The third kappa shape index (κ3) is 5.85. The summed E-state index contributed by atoms with van der Waals surface area (Å²) in [6.45, 7) is 2.39. The Morgan fingerprint density at radius 2 is 1.89 bits per heavy atom. The van der Waals surface area contributed by atoms with Crippen LogP contribution in [0.1, 0.15) is 12.0 Å². The van der Waals surface area contributed by atoms with Crippen LogP contribution in [0.3, 0.4) is 0 Å². The molecule has 0 saturated carbocycles. The van der Waals surface area contributed by atoms with E-state index in [4.69, 9.17) is 20.2 Å². The first kappa shape index (κ1) is 24.6. The van der Waals surface area contributed by atoms with E-state index in [0.29, 0.717) is 62.3 Å². The van der Waals surface area contributed by atoms with Gasteiger partial charge >= 0.3 is 6.09 Å². The van der Waals surface area contributed by atoms with Crippen LogP contribution in [-0.4, -0.2) is 82.5 Å². The van der Waals surface area contributed by atoms with E-state index in [1.54, 1.807) is 18.5 Å². The van der Waals surface area contributed by atoms with Crippen LogP contribution in [0.15, 0.2) is 48.8 Å². The van der Waals surface area contributed by atoms with Gasteiger partial charge in [0.15, 0.2) is 0 Å². The maximum atomic E-state index is 14.5. The molecule has 12 heteroatoms. The van der Waals surface area contributed by atoms with E-state index in [-0.39, 0.29) is 19.1 Å². The van der Waals surface area contributed by atoms with Crippen molar-refractivity contribution in [3.8, 4) is 11.3 Å². The van der Waals surface area contributed by atoms with Gasteiger partial charge in [0.25, 0.3) is 0 Å². The maximum Gasteiger partial charge on any atom is 0.410 e. The van der Waals surface area contributed by atoms with E-state index in [1.165, 1.54) is 4.90 Å². The fraction of sp³-hybridized carbons (Fsp3) is 0.400. The number of nitrogen functional groups attached to an aromatic ring is 1. The second-order valence-electron chi connectivity index (χ2n) is 9.12. The highest BCUT2D eigenvalue weighted by Gasteiger charge is 2.41. The minimum atomic E-state index is -1.00. The molecule has 1 atom stereocenters. The number of nitrogens with two attached hydrogens (primary N) is 1. The van der Waals surface area contributed by atoms with Gasteiger partial charge in [-0.2, -0.15) is 4.98 Å². The van der Waals surface area contributed by atoms with Crippen molar-refractivity contribution in [3.05, 3.63) is 54.4 Å². The Labute approximate surface area is 213 Å². The first-order valence-corrected chi connectivity index (χ1v) is 12.1. The van der Waals surface area contributed by atoms with Crippen LogP contribution in [0, 0.1) is 0 Å². The van der Waals surface area contributed by atoms with E-state index in [2.05, 4.69) is 20.3 Å². The monoisotopic (exact) mass is 508 g/mol.